The van der Waals surface area contributed by atoms with Crippen molar-refractivity contribution >= 4 is 27.0 Å². The first-order valence-corrected chi connectivity index (χ1v) is 8.48. The van der Waals surface area contributed by atoms with Crippen LogP contribution in [-0.2, 0) is 0 Å². The summed E-state index contributed by atoms with van der Waals surface area (Å²) in [5, 5.41) is 1.01. The maximum absolute atomic E-state index is 14.0. The summed E-state index contributed by atoms with van der Waals surface area (Å²) in [6, 6.07) is 7.49. The van der Waals surface area contributed by atoms with Crippen LogP contribution in [0.2, 0.25) is 0 Å². The normalized spacial score (nSPS) is 25.3. The molecule has 2 unspecified atom stereocenters. The number of halogens is 1. The predicted molar refractivity (Wildman–Crippen MR) is 87.8 cm³/mol. The van der Waals surface area contributed by atoms with Crippen LogP contribution in [0.5, 0.6) is 0 Å². The van der Waals surface area contributed by atoms with Crippen LogP contribution in [-0.4, -0.2) is 5.54 Å². The Balaban J connectivity index is 1.94. The van der Waals surface area contributed by atoms with Gasteiger partial charge in [-0.25, -0.2) is 4.39 Å². The topological polar surface area (TPSA) is 26.0 Å². The van der Waals surface area contributed by atoms with Gasteiger partial charge in [-0.2, -0.15) is 0 Å². The van der Waals surface area contributed by atoms with Crippen molar-refractivity contribution in [3.05, 3.63) is 40.5 Å². The number of hydrogen-bond acceptors (Lipinski definition) is 2. The summed E-state index contributed by atoms with van der Waals surface area (Å²) in [5.41, 5.74) is 9.03. The molecule has 0 saturated heterocycles. The van der Waals surface area contributed by atoms with E-state index in [9.17, 15) is 4.39 Å². The number of nitrogens with two attached hydrogens (primary N) is 1. The number of rotatable bonds is 2. The van der Waals surface area contributed by atoms with Gasteiger partial charge in [-0.15, -0.1) is 11.3 Å². The summed E-state index contributed by atoms with van der Waals surface area (Å²) in [7, 11) is 0. The average Bonchev–Trinajstić information content (AvgIpc) is 3.10. The highest BCUT2D eigenvalue weighted by molar-refractivity contribution is 7.20. The third kappa shape index (κ3) is 1.98. The SMILES string of the molecule is CC(C)(N)C1=C(c2cc3cccc(F)c3s2)C2CCC1C2. The Morgan fingerprint density at radius 3 is 2.71 bits per heavy atom. The lowest BCUT2D eigenvalue weighted by molar-refractivity contribution is 0.509. The van der Waals surface area contributed by atoms with Crippen LogP contribution in [0, 0.1) is 17.7 Å². The van der Waals surface area contributed by atoms with E-state index < -0.39 is 0 Å². The minimum atomic E-state index is -0.274. The Labute approximate surface area is 128 Å². The molecule has 2 atom stereocenters. The average molecular weight is 301 g/mol. The highest BCUT2D eigenvalue weighted by Crippen LogP contribution is 2.56. The molecule has 1 saturated carbocycles. The fraction of sp³-hybridized carbons (Fsp3) is 0.444. The zero-order valence-electron chi connectivity index (χ0n) is 12.4. The first kappa shape index (κ1) is 13.5. The molecule has 2 aliphatic rings. The summed E-state index contributed by atoms with van der Waals surface area (Å²) in [6.07, 6.45) is 3.77. The molecule has 0 amide bonds. The molecule has 4 rings (SSSR count). The van der Waals surface area contributed by atoms with Gasteiger partial charge in [0.2, 0.25) is 0 Å². The summed E-state index contributed by atoms with van der Waals surface area (Å²) in [5.74, 6) is 1.16. The van der Waals surface area contributed by atoms with Crippen LogP contribution in [0.4, 0.5) is 4.39 Å². The molecule has 2 aromatic rings. The molecule has 0 spiro atoms. The summed E-state index contributed by atoms with van der Waals surface area (Å²) in [4.78, 5) is 1.23. The molecule has 0 aliphatic heterocycles. The first-order valence-electron chi connectivity index (χ1n) is 7.67. The molecular weight excluding hydrogens is 281 g/mol. The van der Waals surface area contributed by atoms with Crippen LogP contribution in [0.15, 0.2) is 29.8 Å². The van der Waals surface area contributed by atoms with E-state index in [1.54, 1.807) is 23.5 Å². The van der Waals surface area contributed by atoms with Gasteiger partial charge in [0.15, 0.2) is 0 Å². The van der Waals surface area contributed by atoms with Crippen LogP contribution in [0.1, 0.15) is 38.0 Å². The van der Waals surface area contributed by atoms with Crippen molar-refractivity contribution in [1.29, 1.82) is 0 Å². The van der Waals surface area contributed by atoms with E-state index in [0.717, 1.165) is 10.1 Å². The van der Waals surface area contributed by atoms with Crippen LogP contribution in [0.25, 0.3) is 15.7 Å². The maximum atomic E-state index is 14.0. The maximum Gasteiger partial charge on any atom is 0.141 e. The molecule has 1 heterocycles. The van der Waals surface area contributed by atoms with Crippen molar-refractivity contribution in [2.45, 2.75) is 38.6 Å². The lowest BCUT2D eigenvalue weighted by Gasteiger charge is -2.30. The van der Waals surface area contributed by atoms with E-state index >= 15 is 0 Å². The van der Waals surface area contributed by atoms with Gasteiger partial charge in [0.05, 0.1) is 4.70 Å². The summed E-state index contributed by atoms with van der Waals surface area (Å²) < 4.78 is 14.8. The molecule has 110 valence electrons. The minimum absolute atomic E-state index is 0.110. The smallest absolute Gasteiger partial charge is 0.141 e. The minimum Gasteiger partial charge on any atom is -0.322 e. The van der Waals surface area contributed by atoms with E-state index in [1.165, 1.54) is 35.3 Å². The second-order valence-electron chi connectivity index (χ2n) is 7.02. The Morgan fingerprint density at radius 1 is 1.24 bits per heavy atom. The number of thiophene rings is 1. The quantitative estimate of drug-likeness (QED) is 0.833. The fourth-order valence-electron chi connectivity index (χ4n) is 4.31. The van der Waals surface area contributed by atoms with Gasteiger partial charge in [0.25, 0.3) is 0 Å². The third-order valence-electron chi connectivity index (χ3n) is 4.99. The highest BCUT2D eigenvalue weighted by atomic mass is 32.1. The highest BCUT2D eigenvalue weighted by Gasteiger charge is 2.44. The second kappa shape index (κ2) is 4.40. The van der Waals surface area contributed by atoms with Crippen molar-refractivity contribution in [3.8, 4) is 0 Å². The molecule has 2 bridgehead atoms. The summed E-state index contributed by atoms with van der Waals surface area (Å²) in [6.45, 7) is 4.22. The van der Waals surface area contributed by atoms with Gasteiger partial charge in [-0.1, -0.05) is 12.1 Å². The van der Waals surface area contributed by atoms with E-state index in [1.807, 2.05) is 6.07 Å². The Morgan fingerprint density at radius 2 is 2.00 bits per heavy atom. The van der Waals surface area contributed by atoms with E-state index in [4.69, 9.17) is 5.73 Å². The van der Waals surface area contributed by atoms with Gasteiger partial charge >= 0.3 is 0 Å². The largest absolute Gasteiger partial charge is 0.322 e. The molecule has 3 heteroatoms. The lowest BCUT2D eigenvalue weighted by Crippen LogP contribution is -2.37. The number of fused-ring (bicyclic) bond motifs is 3. The van der Waals surface area contributed by atoms with Crippen molar-refractivity contribution in [2.24, 2.45) is 17.6 Å². The van der Waals surface area contributed by atoms with Crippen molar-refractivity contribution in [3.63, 3.8) is 0 Å². The third-order valence-corrected chi connectivity index (χ3v) is 6.19. The van der Waals surface area contributed by atoms with Gasteiger partial charge in [0.1, 0.15) is 5.82 Å². The molecule has 1 fully saturated rings. The van der Waals surface area contributed by atoms with Gasteiger partial charge in [-0.05, 0) is 73.6 Å². The number of hydrogen-bond donors (Lipinski definition) is 1. The van der Waals surface area contributed by atoms with Crippen LogP contribution in [0.3, 0.4) is 0 Å². The Hall–Kier alpha value is -1.19. The molecule has 1 aromatic heterocycles. The zero-order chi connectivity index (χ0) is 14.8. The molecular formula is C18H20FNS. The van der Waals surface area contributed by atoms with E-state index in [-0.39, 0.29) is 11.4 Å². The molecule has 2 N–H and O–H groups in total. The molecule has 1 aromatic carbocycles. The first-order chi connectivity index (χ1) is 9.95. The summed E-state index contributed by atoms with van der Waals surface area (Å²) >= 11 is 1.59. The Bertz CT molecular complexity index is 750. The van der Waals surface area contributed by atoms with Gasteiger partial charge in [-0.3, -0.25) is 0 Å². The number of benzene rings is 1. The number of allylic oxidation sites excluding steroid dienone is 1. The monoisotopic (exact) mass is 301 g/mol. The molecule has 2 aliphatic carbocycles. The van der Waals surface area contributed by atoms with Gasteiger partial charge < -0.3 is 5.73 Å². The predicted octanol–water partition coefficient (Wildman–Crippen LogP) is 4.96. The van der Waals surface area contributed by atoms with Gasteiger partial charge in [0, 0.05) is 10.4 Å². The zero-order valence-corrected chi connectivity index (χ0v) is 13.3. The van der Waals surface area contributed by atoms with E-state index in [2.05, 4.69) is 19.9 Å². The van der Waals surface area contributed by atoms with Crippen molar-refractivity contribution in [1.82, 2.24) is 0 Å². The standard InChI is InChI=1S/C18H20FNS/c1-18(2,20)16-11-7-6-10(8-11)15(16)14-9-12-4-3-5-13(19)17(12)21-14/h3-5,9-11H,6-8,20H2,1-2H3. The van der Waals surface area contributed by atoms with Crippen LogP contribution < -0.4 is 5.73 Å². The molecule has 21 heavy (non-hydrogen) atoms. The van der Waals surface area contributed by atoms with Crippen LogP contribution >= 0.6 is 11.3 Å². The second-order valence-corrected chi connectivity index (χ2v) is 8.08. The van der Waals surface area contributed by atoms with Crippen molar-refractivity contribution < 1.29 is 4.39 Å². The Kier molecular flexibility index (Phi) is 2.82. The molecule has 1 nitrogen and oxygen atoms in total. The lowest BCUT2D eigenvalue weighted by atomic mass is 9.80. The fourth-order valence-corrected chi connectivity index (χ4v) is 5.52. The van der Waals surface area contributed by atoms with E-state index in [0.29, 0.717) is 11.8 Å². The molecule has 0 radical (unpaired) electrons. The van der Waals surface area contributed by atoms with Crippen molar-refractivity contribution in [2.75, 3.05) is 0 Å².